The van der Waals surface area contributed by atoms with Crippen molar-refractivity contribution in [3.8, 4) is 0 Å². The zero-order valence-electron chi connectivity index (χ0n) is 11.1. The van der Waals surface area contributed by atoms with Gasteiger partial charge in [-0.15, -0.1) is 0 Å². The van der Waals surface area contributed by atoms with Gasteiger partial charge >= 0.3 is 0 Å². The zero-order chi connectivity index (χ0) is 12.9. The van der Waals surface area contributed by atoms with Crippen LogP contribution in [0.5, 0.6) is 0 Å². The second-order valence-electron chi connectivity index (χ2n) is 5.88. The SMILES string of the molecule is CC(C)N1Cc2ccc(C3(CN)CC3)cc2C1=O. The third-order valence-electron chi connectivity index (χ3n) is 4.42. The van der Waals surface area contributed by atoms with E-state index < -0.39 is 0 Å². The first-order chi connectivity index (χ1) is 8.57. The Morgan fingerprint density at radius 3 is 2.67 bits per heavy atom. The van der Waals surface area contributed by atoms with Crippen LogP contribution in [-0.2, 0) is 12.0 Å². The molecule has 1 aliphatic heterocycles. The van der Waals surface area contributed by atoms with Gasteiger partial charge < -0.3 is 10.6 Å². The molecule has 0 bridgehead atoms. The molecule has 3 nitrogen and oxygen atoms in total. The van der Waals surface area contributed by atoms with Gasteiger partial charge in [-0.1, -0.05) is 12.1 Å². The summed E-state index contributed by atoms with van der Waals surface area (Å²) in [5.41, 5.74) is 9.33. The van der Waals surface area contributed by atoms with E-state index in [1.807, 2.05) is 4.90 Å². The molecule has 1 aromatic carbocycles. The fourth-order valence-corrected chi connectivity index (χ4v) is 2.83. The van der Waals surface area contributed by atoms with E-state index in [2.05, 4.69) is 32.0 Å². The van der Waals surface area contributed by atoms with Crippen LogP contribution >= 0.6 is 0 Å². The number of nitrogens with zero attached hydrogens (tertiary/aromatic N) is 1. The highest BCUT2D eigenvalue weighted by atomic mass is 16.2. The number of fused-ring (bicyclic) bond motifs is 1. The summed E-state index contributed by atoms with van der Waals surface area (Å²) in [6.07, 6.45) is 2.31. The first-order valence-corrected chi connectivity index (χ1v) is 6.72. The molecule has 96 valence electrons. The Balaban J connectivity index is 1.97. The van der Waals surface area contributed by atoms with Crippen LogP contribution in [0.2, 0.25) is 0 Å². The highest BCUT2D eigenvalue weighted by Crippen LogP contribution is 2.47. The van der Waals surface area contributed by atoms with Gasteiger partial charge in [0.25, 0.3) is 5.91 Å². The van der Waals surface area contributed by atoms with E-state index in [0.717, 1.165) is 30.5 Å². The Bertz CT molecular complexity index is 503. The van der Waals surface area contributed by atoms with Crippen molar-refractivity contribution in [2.24, 2.45) is 5.73 Å². The van der Waals surface area contributed by atoms with Crippen LogP contribution in [0.15, 0.2) is 18.2 Å². The van der Waals surface area contributed by atoms with Gasteiger partial charge in [-0.2, -0.15) is 0 Å². The third kappa shape index (κ3) is 1.57. The zero-order valence-corrected chi connectivity index (χ0v) is 11.1. The topological polar surface area (TPSA) is 46.3 Å². The van der Waals surface area contributed by atoms with Gasteiger partial charge in [-0.05, 0) is 43.9 Å². The largest absolute Gasteiger partial charge is 0.332 e. The maximum absolute atomic E-state index is 12.3. The first kappa shape index (κ1) is 11.7. The van der Waals surface area contributed by atoms with Crippen LogP contribution in [0, 0.1) is 0 Å². The first-order valence-electron chi connectivity index (χ1n) is 6.72. The van der Waals surface area contributed by atoms with Crippen LogP contribution in [0.25, 0.3) is 0 Å². The van der Waals surface area contributed by atoms with Crippen molar-refractivity contribution in [3.63, 3.8) is 0 Å². The molecule has 0 atom stereocenters. The maximum atomic E-state index is 12.3. The van der Waals surface area contributed by atoms with E-state index in [1.165, 1.54) is 5.56 Å². The number of nitrogens with two attached hydrogens (primary N) is 1. The molecule has 1 fully saturated rings. The Hall–Kier alpha value is -1.35. The van der Waals surface area contributed by atoms with Gasteiger partial charge in [0.05, 0.1) is 0 Å². The lowest BCUT2D eigenvalue weighted by Crippen LogP contribution is -2.30. The van der Waals surface area contributed by atoms with Crippen LogP contribution in [0.1, 0.15) is 48.2 Å². The summed E-state index contributed by atoms with van der Waals surface area (Å²) in [6.45, 7) is 5.57. The Morgan fingerprint density at radius 1 is 1.39 bits per heavy atom. The monoisotopic (exact) mass is 244 g/mol. The third-order valence-corrected chi connectivity index (χ3v) is 4.42. The van der Waals surface area contributed by atoms with Crippen molar-refractivity contribution in [2.45, 2.75) is 44.7 Å². The Morgan fingerprint density at radius 2 is 2.11 bits per heavy atom. The molecule has 1 amide bonds. The van der Waals surface area contributed by atoms with Crippen molar-refractivity contribution in [2.75, 3.05) is 6.54 Å². The number of benzene rings is 1. The number of carbonyl (C=O) groups excluding carboxylic acids is 1. The second-order valence-corrected chi connectivity index (χ2v) is 5.88. The van der Waals surface area contributed by atoms with Gasteiger partial charge in [0, 0.05) is 30.1 Å². The van der Waals surface area contributed by atoms with Crippen LogP contribution < -0.4 is 5.73 Å². The number of rotatable bonds is 3. The molecule has 0 spiro atoms. The fourth-order valence-electron chi connectivity index (χ4n) is 2.83. The molecule has 0 aromatic heterocycles. The fraction of sp³-hybridized carbons (Fsp3) is 0.533. The average Bonchev–Trinajstić information content (AvgIpc) is 3.09. The molecule has 1 heterocycles. The highest BCUT2D eigenvalue weighted by Gasteiger charge is 2.43. The van der Waals surface area contributed by atoms with Gasteiger partial charge in [0.15, 0.2) is 0 Å². The van der Waals surface area contributed by atoms with Gasteiger partial charge in [-0.25, -0.2) is 0 Å². The minimum absolute atomic E-state index is 0.167. The molecule has 0 radical (unpaired) electrons. The van der Waals surface area contributed by atoms with E-state index in [4.69, 9.17) is 5.73 Å². The molecule has 0 saturated heterocycles. The van der Waals surface area contributed by atoms with Crippen molar-refractivity contribution >= 4 is 5.91 Å². The van der Waals surface area contributed by atoms with E-state index in [0.29, 0.717) is 6.54 Å². The van der Waals surface area contributed by atoms with E-state index in [1.54, 1.807) is 0 Å². The molecular formula is C15H20N2O. The highest BCUT2D eigenvalue weighted by molar-refractivity contribution is 5.98. The quantitative estimate of drug-likeness (QED) is 0.884. The summed E-state index contributed by atoms with van der Waals surface area (Å²) in [5, 5.41) is 0. The summed E-state index contributed by atoms with van der Waals surface area (Å²) in [4.78, 5) is 14.2. The van der Waals surface area contributed by atoms with Gasteiger partial charge in [0.1, 0.15) is 0 Å². The summed E-state index contributed by atoms with van der Waals surface area (Å²) < 4.78 is 0. The van der Waals surface area contributed by atoms with Crippen LogP contribution in [0.4, 0.5) is 0 Å². The van der Waals surface area contributed by atoms with Crippen molar-refractivity contribution in [1.82, 2.24) is 4.90 Å². The summed E-state index contributed by atoms with van der Waals surface area (Å²) in [5.74, 6) is 0.176. The van der Waals surface area contributed by atoms with E-state index >= 15 is 0 Å². The maximum Gasteiger partial charge on any atom is 0.254 e. The minimum atomic E-state index is 0.167. The lowest BCUT2D eigenvalue weighted by molar-refractivity contribution is 0.0730. The minimum Gasteiger partial charge on any atom is -0.332 e. The smallest absolute Gasteiger partial charge is 0.254 e. The van der Waals surface area contributed by atoms with Crippen molar-refractivity contribution < 1.29 is 4.79 Å². The molecule has 2 N–H and O–H groups in total. The predicted octanol–water partition coefficient (Wildman–Crippen LogP) is 2.04. The second kappa shape index (κ2) is 3.82. The molecule has 1 aliphatic carbocycles. The Labute approximate surface area is 108 Å². The van der Waals surface area contributed by atoms with Crippen molar-refractivity contribution in [3.05, 3.63) is 34.9 Å². The molecule has 1 aromatic rings. The van der Waals surface area contributed by atoms with E-state index in [-0.39, 0.29) is 17.4 Å². The lowest BCUT2D eigenvalue weighted by Gasteiger charge is -2.19. The molecule has 3 heteroatoms. The molecule has 2 aliphatic rings. The number of carbonyl (C=O) groups is 1. The molecule has 3 rings (SSSR count). The number of amides is 1. The molecule has 1 saturated carbocycles. The standard InChI is InChI=1S/C15H20N2O/c1-10(2)17-8-11-3-4-12(7-13(11)14(17)18)15(9-16)5-6-15/h3-4,7,10H,5-6,8-9,16H2,1-2H3. The summed E-state index contributed by atoms with van der Waals surface area (Å²) >= 11 is 0. The predicted molar refractivity (Wildman–Crippen MR) is 71.4 cm³/mol. The summed E-state index contributed by atoms with van der Waals surface area (Å²) in [7, 11) is 0. The van der Waals surface area contributed by atoms with Crippen molar-refractivity contribution in [1.29, 1.82) is 0 Å². The molecule has 0 unspecified atom stereocenters. The van der Waals surface area contributed by atoms with Gasteiger partial charge in [-0.3, -0.25) is 4.79 Å². The van der Waals surface area contributed by atoms with E-state index in [9.17, 15) is 4.79 Å². The molecule has 18 heavy (non-hydrogen) atoms. The van der Waals surface area contributed by atoms with Gasteiger partial charge in [0.2, 0.25) is 0 Å². The summed E-state index contributed by atoms with van der Waals surface area (Å²) in [6, 6.07) is 6.62. The van der Waals surface area contributed by atoms with Crippen LogP contribution in [-0.4, -0.2) is 23.4 Å². The number of hydrogen-bond acceptors (Lipinski definition) is 2. The Kier molecular flexibility index (Phi) is 2.49. The average molecular weight is 244 g/mol. The lowest BCUT2D eigenvalue weighted by atomic mass is 9.93. The normalized spacial score (nSPS) is 20.4. The molecular weight excluding hydrogens is 224 g/mol. The van der Waals surface area contributed by atoms with Crippen LogP contribution in [0.3, 0.4) is 0 Å². The number of hydrogen-bond donors (Lipinski definition) is 1.